The third-order valence-corrected chi connectivity index (χ3v) is 21.5. The molecule has 3 aliphatic rings. The van der Waals surface area contributed by atoms with Crippen LogP contribution in [0, 0.1) is 35.0 Å². The first kappa shape index (κ1) is 37.1. The zero-order valence-electron chi connectivity index (χ0n) is 31.1. The molecule has 3 aliphatic carbocycles. The first-order valence-electron chi connectivity index (χ1n) is 17.8. The van der Waals surface area contributed by atoms with Crippen LogP contribution in [0.3, 0.4) is 0 Å². The molecule has 6 atom stereocenters. The fourth-order valence-corrected chi connectivity index (χ4v) is 13.5. The first-order chi connectivity index (χ1) is 21.3. The van der Waals surface area contributed by atoms with E-state index in [1.165, 1.54) is 10.4 Å². The molecule has 254 valence electrons. The maximum absolute atomic E-state index is 12.3. The summed E-state index contributed by atoms with van der Waals surface area (Å²) in [5, 5.41) is 15.0. The van der Waals surface area contributed by atoms with Gasteiger partial charge in [-0.1, -0.05) is 154 Å². The van der Waals surface area contributed by atoms with E-state index in [0.717, 1.165) is 19.4 Å². The fourth-order valence-electron chi connectivity index (χ4n) is 7.78. The molecule has 0 unspecified atom stereocenters. The lowest BCUT2D eigenvalue weighted by atomic mass is 9.51. The maximum Gasteiger partial charge on any atom is 0.261 e. The lowest BCUT2D eigenvalue weighted by Gasteiger charge is -2.57. The number of rotatable bonds is 12. The standard InChI is InChI=1S/C41H64O3Si2/c1-31(2)37(30-43-45(11,12)38(4,5)6)36-28-40(10)25-24-33(36)27-41(40,42)26-23-32(3)29-44-46(39(7,8)9,34-19-15-13-16-20-34)35-21-17-14-18-22-35/h13-26,31-33,36-37,42H,27-30H2,1-12H3/b26-23+/t32-,33+,36+,37+,40+,41+/m0/s1. The average Bonchev–Trinajstić information content (AvgIpc) is 2.97. The van der Waals surface area contributed by atoms with Gasteiger partial charge in [-0.25, -0.2) is 0 Å². The number of fused-ring (bicyclic) bond motifs is 2. The SMILES string of the molecule is CC(C)[C@@H](CO[Si](C)(C)C(C)(C)C)[C@@H]1C[C@@]2(C)C=C[C@@H]1C[C@]2(O)/C=C/[C@H](C)CO[Si](c1ccccc1)(c1ccccc1)C(C)(C)C. The summed E-state index contributed by atoms with van der Waals surface area (Å²) < 4.78 is 14.0. The van der Waals surface area contributed by atoms with Crippen molar-refractivity contribution in [2.75, 3.05) is 13.2 Å². The van der Waals surface area contributed by atoms with E-state index in [9.17, 15) is 5.11 Å². The Balaban J connectivity index is 1.52. The zero-order chi connectivity index (χ0) is 34.2. The minimum atomic E-state index is -2.61. The van der Waals surface area contributed by atoms with E-state index in [1.807, 2.05) is 0 Å². The molecule has 0 spiro atoms. The van der Waals surface area contributed by atoms with E-state index in [4.69, 9.17) is 8.85 Å². The van der Waals surface area contributed by atoms with Gasteiger partial charge in [-0.3, -0.25) is 0 Å². The van der Waals surface area contributed by atoms with Crippen molar-refractivity contribution in [3.63, 3.8) is 0 Å². The normalized spacial score (nSPS) is 27.0. The summed E-state index contributed by atoms with van der Waals surface area (Å²) in [5.74, 6) is 2.06. The largest absolute Gasteiger partial charge is 0.417 e. The van der Waals surface area contributed by atoms with Crippen molar-refractivity contribution in [2.24, 2.45) is 35.0 Å². The molecule has 0 aromatic heterocycles. The van der Waals surface area contributed by atoms with Crippen LogP contribution in [-0.4, -0.2) is 40.6 Å². The molecule has 0 amide bonds. The molecule has 2 aromatic carbocycles. The Labute approximate surface area is 284 Å². The fraction of sp³-hybridized carbons (Fsp3) is 0.610. The molecule has 1 fully saturated rings. The van der Waals surface area contributed by atoms with E-state index in [0.29, 0.717) is 30.3 Å². The molecule has 46 heavy (non-hydrogen) atoms. The number of benzene rings is 2. The van der Waals surface area contributed by atoms with Gasteiger partial charge in [0.25, 0.3) is 8.32 Å². The Morgan fingerprint density at radius 3 is 1.83 bits per heavy atom. The van der Waals surface area contributed by atoms with Gasteiger partial charge in [0.1, 0.15) is 0 Å². The Morgan fingerprint density at radius 2 is 1.37 bits per heavy atom. The minimum Gasteiger partial charge on any atom is -0.417 e. The van der Waals surface area contributed by atoms with Crippen molar-refractivity contribution >= 4 is 27.0 Å². The van der Waals surface area contributed by atoms with Crippen LogP contribution in [0.2, 0.25) is 23.2 Å². The second-order valence-electron chi connectivity index (χ2n) is 17.7. The molecule has 2 aromatic rings. The topological polar surface area (TPSA) is 38.7 Å². The molecule has 0 radical (unpaired) electrons. The summed E-state index contributed by atoms with van der Waals surface area (Å²) in [6.07, 6.45) is 10.9. The Hall–Kier alpha value is -1.77. The van der Waals surface area contributed by atoms with Gasteiger partial charge in [0, 0.05) is 18.6 Å². The number of hydrogen-bond acceptors (Lipinski definition) is 3. The van der Waals surface area contributed by atoms with Gasteiger partial charge < -0.3 is 14.0 Å². The Kier molecular flexibility index (Phi) is 11.0. The number of aliphatic hydroxyl groups is 1. The molecule has 0 aliphatic heterocycles. The average molecular weight is 661 g/mol. The van der Waals surface area contributed by atoms with Crippen LogP contribution in [0.25, 0.3) is 0 Å². The highest BCUT2D eigenvalue weighted by Crippen LogP contribution is 2.57. The van der Waals surface area contributed by atoms with Gasteiger partial charge in [0.15, 0.2) is 8.32 Å². The molecular formula is C41H64O3Si2. The number of allylic oxidation sites excluding steroid dienone is 1. The van der Waals surface area contributed by atoms with Crippen LogP contribution in [0.1, 0.15) is 82.1 Å². The van der Waals surface area contributed by atoms with Crippen LogP contribution in [-0.2, 0) is 8.85 Å². The van der Waals surface area contributed by atoms with Gasteiger partial charge in [-0.05, 0) is 76.0 Å². The first-order valence-corrected chi connectivity index (χ1v) is 22.6. The summed E-state index contributed by atoms with van der Waals surface area (Å²) in [6.45, 7) is 29.3. The smallest absolute Gasteiger partial charge is 0.261 e. The van der Waals surface area contributed by atoms with Crippen LogP contribution in [0.5, 0.6) is 0 Å². The molecule has 0 heterocycles. The van der Waals surface area contributed by atoms with Crippen LogP contribution in [0.15, 0.2) is 85.0 Å². The third-order valence-electron chi connectivity index (χ3n) is 12.0. The van der Waals surface area contributed by atoms with E-state index < -0.39 is 22.2 Å². The predicted molar refractivity (Wildman–Crippen MR) is 202 cm³/mol. The molecule has 1 N–H and O–H groups in total. The van der Waals surface area contributed by atoms with Crippen molar-refractivity contribution < 1.29 is 14.0 Å². The molecule has 5 heteroatoms. The van der Waals surface area contributed by atoms with Gasteiger partial charge in [-0.2, -0.15) is 0 Å². The summed E-state index contributed by atoms with van der Waals surface area (Å²) in [6, 6.07) is 21.7. The van der Waals surface area contributed by atoms with E-state index >= 15 is 0 Å². The highest BCUT2D eigenvalue weighted by Gasteiger charge is 2.56. The molecule has 1 saturated carbocycles. The second-order valence-corrected chi connectivity index (χ2v) is 26.8. The van der Waals surface area contributed by atoms with E-state index in [2.05, 4.69) is 167 Å². The van der Waals surface area contributed by atoms with Crippen molar-refractivity contribution in [1.29, 1.82) is 0 Å². The number of hydrogen-bond donors (Lipinski definition) is 1. The van der Waals surface area contributed by atoms with Gasteiger partial charge in [-0.15, -0.1) is 0 Å². The van der Waals surface area contributed by atoms with Crippen LogP contribution in [0.4, 0.5) is 0 Å². The Bertz CT molecular complexity index is 1300. The summed E-state index contributed by atoms with van der Waals surface area (Å²) >= 11 is 0. The zero-order valence-corrected chi connectivity index (χ0v) is 33.1. The monoisotopic (exact) mass is 660 g/mol. The summed E-state index contributed by atoms with van der Waals surface area (Å²) in [4.78, 5) is 0. The molecular weight excluding hydrogens is 597 g/mol. The van der Waals surface area contributed by atoms with Crippen LogP contribution >= 0.6 is 0 Å². The minimum absolute atomic E-state index is 0.0611. The predicted octanol–water partition coefficient (Wildman–Crippen LogP) is 9.38. The molecule has 5 rings (SSSR count). The maximum atomic E-state index is 12.3. The summed E-state index contributed by atoms with van der Waals surface area (Å²) in [7, 11) is -4.45. The molecule has 3 nitrogen and oxygen atoms in total. The van der Waals surface area contributed by atoms with Crippen molar-refractivity contribution in [3.8, 4) is 0 Å². The second kappa shape index (κ2) is 13.6. The van der Waals surface area contributed by atoms with Crippen LogP contribution < -0.4 is 10.4 Å². The van der Waals surface area contributed by atoms with Crippen molar-refractivity contribution in [2.45, 2.75) is 111 Å². The lowest BCUT2D eigenvalue weighted by Crippen LogP contribution is -2.66. The van der Waals surface area contributed by atoms with Crippen molar-refractivity contribution in [1.82, 2.24) is 0 Å². The third kappa shape index (κ3) is 7.29. The van der Waals surface area contributed by atoms with E-state index in [1.54, 1.807) is 0 Å². The quantitative estimate of drug-likeness (QED) is 0.182. The van der Waals surface area contributed by atoms with Gasteiger partial charge in [0.05, 0.1) is 5.60 Å². The highest BCUT2D eigenvalue weighted by atomic mass is 28.4. The lowest BCUT2D eigenvalue weighted by molar-refractivity contribution is -0.0995. The highest BCUT2D eigenvalue weighted by molar-refractivity contribution is 6.99. The summed E-state index contributed by atoms with van der Waals surface area (Å²) in [5.41, 5.74) is -1.16. The molecule has 2 bridgehead atoms. The Morgan fingerprint density at radius 1 is 0.826 bits per heavy atom. The van der Waals surface area contributed by atoms with Crippen molar-refractivity contribution in [3.05, 3.63) is 85.0 Å². The van der Waals surface area contributed by atoms with Gasteiger partial charge in [0.2, 0.25) is 0 Å². The molecule has 0 saturated heterocycles. The van der Waals surface area contributed by atoms with Gasteiger partial charge >= 0.3 is 0 Å². The van der Waals surface area contributed by atoms with E-state index in [-0.39, 0.29) is 21.4 Å².